The number of carbonyl (C=O) groups is 1. The van der Waals surface area contributed by atoms with Gasteiger partial charge in [-0.25, -0.2) is 0 Å². The van der Waals surface area contributed by atoms with Gasteiger partial charge in [0.1, 0.15) is 6.10 Å². The van der Waals surface area contributed by atoms with Gasteiger partial charge in [-0.05, 0) is 45.2 Å². The molecule has 2 atom stereocenters. The molecule has 0 aromatic carbocycles. The van der Waals surface area contributed by atoms with Crippen molar-refractivity contribution in [2.24, 2.45) is 5.92 Å². The normalized spacial score (nSPS) is 20.9. The Balaban J connectivity index is 2.00. The molecule has 1 fully saturated rings. The predicted octanol–water partition coefficient (Wildman–Crippen LogP) is 1.70. The van der Waals surface area contributed by atoms with E-state index in [1.165, 1.54) is 19.3 Å². The Kier molecular flexibility index (Phi) is 8.01. The van der Waals surface area contributed by atoms with Gasteiger partial charge < -0.3 is 15.4 Å². The van der Waals surface area contributed by atoms with Crippen molar-refractivity contribution in [1.82, 2.24) is 10.6 Å². The summed E-state index contributed by atoms with van der Waals surface area (Å²) >= 11 is 0. The van der Waals surface area contributed by atoms with Gasteiger partial charge in [0, 0.05) is 13.2 Å². The van der Waals surface area contributed by atoms with Crippen LogP contribution in [0.25, 0.3) is 0 Å². The molecule has 1 amide bonds. The van der Waals surface area contributed by atoms with E-state index in [2.05, 4.69) is 17.6 Å². The summed E-state index contributed by atoms with van der Waals surface area (Å²) in [5.41, 5.74) is 0. The summed E-state index contributed by atoms with van der Waals surface area (Å²) in [7, 11) is 0. The standard InChI is InChI=1S/C14H28N2O2/c1-3-4-5-8-16-14(17)12(2)18-10-7-13-6-9-15-11-13/h12-13,15H,3-11H2,1-2H3,(H,16,17). The highest BCUT2D eigenvalue weighted by Gasteiger charge is 2.16. The van der Waals surface area contributed by atoms with Crippen LogP contribution in [0.3, 0.4) is 0 Å². The number of nitrogens with one attached hydrogen (secondary N) is 2. The number of ether oxygens (including phenoxy) is 1. The van der Waals surface area contributed by atoms with Gasteiger partial charge in [0.15, 0.2) is 0 Å². The zero-order valence-corrected chi connectivity index (χ0v) is 11.8. The second-order valence-electron chi connectivity index (χ2n) is 5.16. The van der Waals surface area contributed by atoms with Gasteiger partial charge in [0.05, 0.1) is 0 Å². The molecule has 1 aliphatic rings. The Hall–Kier alpha value is -0.610. The lowest BCUT2D eigenvalue weighted by Gasteiger charge is -2.14. The molecule has 0 aromatic heterocycles. The molecule has 0 aliphatic carbocycles. The molecule has 2 unspecified atom stereocenters. The van der Waals surface area contributed by atoms with Crippen LogP contribution in [0.2, 0.25) is 0 Å². The minimum Gasteiger partial charge on any atom is -0.369 e. The molecule has 1 aliphatic heterocycles. The Labute approximate surface area is 111 Å². The molecular formula is C14H28N2O2. The highest BCUT2D eigenvalue weighted by molar-refractivity contribution is 5.80. The SMILES string of the molecule is CCCCCNC(=O)C(C)OCCC1CCNC1. The van der Waals surface area contributed by atoms with Gasteiger partial charge in [-0.1, -0.05) is 19.8 Å². The van der Waals surface area contributed by atoms with E-state index in [0.29, 0.717) is 6.61 Å². The summed E-state index contributed by atoms with van der Waals surface area (Å²) in [5.74, 6) is 0.750. The number of rotatable bonds is 9. The molecule has 1 rings (SSSR count). The molecule has 0 bridgehead atoms. The molecule has 4 heteroatoms. The average Bonchev–Trinajstić information content (AvgIpc) is 2.87. The molecule has 0 saturated carbocycles. The first kappa shape index (κ1) is 15.4. The number of carbonyl (C=O) groups excluding carboxylic acids is 1. The third kappa shape index (κ3) is 6.36. The van der Waals surface area contributed by atoms with Crippen LogP contribution < -0.4 is 10.6 Å². The molecule has 1 saturated heterocycles. The fraction of sp³-hybridized carbons (Fsp3) is 0.929. The minimum atomic E-state index is -0.319. The van der Waals surface area contributed by atoms with E-state index in [9.17, 15) is 4.79 Å². The van der Waals surface area contributed by atoms with Crippen molar-refractivity contribution in [3.8, 4) is 0 Å². The molecule has 0 radical (unpaired) electrons. The van der Waals surface area contributed by atoms with Crippen LogP contribution in [-0.2, 0) is 9.53 Å². The highest BCUT2D eigenvalue weighted by atomic mass is 16.5. The first-order valence-electron chi connectivity index (χ1n) is 7.34. The van der Waals surface area contributed by atoms with Gasteiger partial charge in [0.2, 0.25) is 5.91 Å². The monoisotopic (exact) mass is 256 g/mol. The number of hydrogen-bond acceptors (Lipinski definition) is 3. The molecule has 0 spiro atoms. The number of amides is 1. The van der Waals surface area contributed by atoms with Crippen molar-refractivity contribution in [2.45, 2.75) is 52.1 Å². The summed E-state index contributed by atoms with van der Waals surface area (Å²) in [4.78, 5) is 11.7. The van der Waals surface area contributed by atoms with E-state index in [0.717, 1.165) is 38.4 Å². The zero-order valence-electron chi connectivity index (χ0n) is 11.8. The first-order chi connectivity index (χ1) is 8.74. The first-order valence-corrected chi connectivity index (χ1v) is 7.34. The van der Waals surface area contributed by atoms with E-state index < -0.39 is 0 Å². The van der Waals surface area contributed by atoms with Crippen LogP contribution in [0.15, 0.2) is 0 Å². The van der Waals surface area contributed by atoms with Gasteiger partial charge in [-0.2, -0.15) is 0 Å². The molecule has 2 N–H and O–H groups in total. The maximum Gasteiger partial charge on any atom is 0.248 e. The Bertz CT molecular complexity index is 228. The van der Waals surface area contributed by atoms with Crippen molar-refractivity contribution in [2.75, 3.05) is 26.2 Å². The second-order valence-corrected chi connectivity index (χ2v) is 5.16. The lowest BCUT2D eigenvalue weighted by atomic mass is 10.1. The maximum absolute atomic E-state index is 11.7. The van der Waals surface area contributed by atoms with E-state index in [1.54, 1.807) is 0 Å². The van der Waals surface area contributed by atoms with E-state index in [1.807, 2.05) is 6.92 Å². The smallest absolute Gasteiger partial charge is 0.248 e. The molecule has 0 aromatic rings. The Morgan fingerprint density at radius 2 is 2.33 bits per heavy atom. The third-order valence-electron chi connectivity index (χ3n) is 3.51. The quantitative estimate of drug-likeness (QED) is 0.617. The molecule has 106 valence electrons. The van der Waals surface area contributed by atoms with Gasteiger partial charge in [-0.3, -0.25) is 4.79 Å². The van der Waals surface area contributed by atoms with Crippen molar-refractivity contribution in [3.63, 3.8) is 0 Å². The second kappa shape index (κ2) is 9.34. The van der Waals surface area contributed by atoms with E-state index in [4.69, 9.17) is 4.74 Å². The van der Waals surface area contributed by atoms with E-state index in [-0.39, 0.29) is 12.0 Å². The lowest BCUT2D eigenvalue weighted by molar-refractivity contribution is -0.131. The van der Waals surface area contributed by atoms with Crippen LogP contribution >= 0.6 is 0 Å². The molecule has 1 heterocycles. The minimum absolute atomic E-state index is 0.0238. The lowest BCUT2D eigenvalue weighted by Crippen LogP contribution is -2.35. The van der Waals surface area contributed by atoms with Gasteiger partial charge in [0.25, 0.3) is 0 Å². The van der Waals surface area contributed by atoms with Crippen LogP contribution in [0.5, 0.6) is 0 Å². The Morgan fingerprint density at radius 3 is 3.00 bits per heavy atom. The summed E-state index contributed by atoms with van der Waals surface area (Å²) in [6.45, 7) is 7.68. The van der Waals surface area contributed by atoms with Crippen molar-refractivity contribution >= 4 is 5.91 Å². The van der Waals surface area contributed by atoms with Crippen molar-refractivity contribution < 1.29 is 9.53 Å². The van der Waals surface area contributed by atoms with Crippen LogP contribution in [0.1, 0.15) is 46.0 Å². The molecule has 18 heavy (non-hydrogen) atoms. The third-order valence-corrected chi connectivity index (χ3v) is 3.51. The summed E-state index contributed by atoms with van der Waals surface area (Å²) in [6.07, 6.45) is 5.38. The summed E-state index contributed by atoms with van der Waals surface area (Å²) in [5, 5.41) is 6.26. The largest absolute Gasteiger partial charge is 0.369 e. The van der Waals surface area contributed by atoms with Gasteiger partial charge >= 0.3 is 0 Å². The predicted molar refractivity (Wildman–Crippen MR) is 73.5 cm³/mol. The Morgan fingerprint density at radius 1 is 1.50 bits per heavy atom. The van der Waals surface area contributed by atoms with Gasteiger partial charge in [-0.15, -0.1) is 0 Å². The fourth-order valence-electron chi connectivity index (χ4n) is 2.18. The maximum atomic E-state index is 11.7. The van der Waals surface area contributed by atoms with Crippen molar-refractivity contribution in [3.05, 3.63) is 0 Å². The summed E-state index contributed by atoms with van der Waals surface area (Å²) in [6, 6.07) is 0. The number of unbranched alkanes of at least 4 members (excludes halogenated alkanes) is 2. The fourth-order valence-corrected chi connectivity index (χ4v) is 2.18. The molecule has 4 nitrogen and oxygen atoms in total. The van der Waals surface area contributed by atoms with Crippen molar-refractivity contribution in [1.29, 1.82) is 0 Å². The van der Waals surface area contributed by atoms with Crippen LogP contribution in [-0.4, -0.2) is 38.3 Å². The molecular weight excluding hydrogens is 228 g/mol. The van der Waals surface area contributed by atoms with Crippen LogP contribution in [0.4, 0.5) is 0 Å². The number of hydrogen-bond donors (Lipinski definition) is 2. The average molecular weight is 256 g/mol. The summed E-state index contributed by atoms with van der Waals surface area (Å²) < 4.78 is 5.58. The topological polar surface area (TPSA) is 50.4 Å². The van der Waals surface area contributed by atoms with E-state index >= 15 is 0 Å². The highest BCUT2D eigenvalue weighted by Crippen LogP contribution is 2.12. The zero-order chi connectivity index (χ0) is 13.2. The van der Waals surface area contributed by atoms with Crippen LogP contribution in [0, 0.1) is 5.92 Å².